The van der Waals surface area contributed by atoms with Crippen LogP contribution in [0, 0.1) is 37.0 Å². The predicted molar refractivity (Wildman–Crippen MR) is 146 cm³/mol. The molecule has 5 rings (SSSR count). The lowest BCUT2D eigenvalue weighted by molar-refractivity contribution is -0.185. The first-order chi connectivity index (χ1) is 19.7. The van der Waals surface area contributed by atoms with Crippen molar-refractivity contribution in [1.82, 2.24) is 19.6 Å². The van der Waals surface area contributed by atoms with Gasteiger partial charge in [-0.1, -0.05) is 25.0 Å². The van der Waals surface area contributed by atoms with Gasteiger partial charge < -0.3 is 4.74 Å². The molecule has 1 aliphatic heterocycles. The summed E-state index contributed by atoms with van der Waals surface area (Å²) < 4.78 is 49.7. The number of ketones is 1. The Balaban J connectivity index is 1.39. The van der Waals surface area contributed by atoms with Crippen LogP contribution >= 0.6 is 0 Å². The highest BCUT2D eigenvalue weighted by atomic mass is 19.4. The number of aromatic nitrogens is 4. The molecule has 0 N–H and O–H groups in total. The highest BCUT2D eigenvalue weighted by Crippen LogP contribution is 2.45. The number of Topliss-reactive ketones (excluding diaryl/α,β-unsaturated/α-hetero) is 1. The second-order valence-corrected chi connectivity index (χ2v) is 12.3. The molecule has 2 atom stereocenters. The molecule has 1 saturated carbocycles. The Morgan fingerprint density at radius 3 is 2.45 bits per heavy atom. The molecule has 8 nitrogen and oxygen atoms in total. The maximum atomic E-state index is 14.0. The van der Waals surface area contributed by atoms with Crippen LogP contribution in [0.1, 0.15) is 86.3 Å². The monoisotopic (exact) mass is 581 g/mol. The molecular weight excluding hydrogens is 547 g/mol. The number of esters is 1. The van der Waals surface area contributed by atoms with E-state index in [1.807, 2.05) is 26.0 Å². The number of ether oxygens (including phenoxy) is 1. The molecule has 0 bridgehead atoms. The zero-order valence-electron chi connectivity index (χ0n) is 24.2. The number of nitriles is 1. The van der Waals surface area contributed by atoms with Crippen molar-refractivity contribution < 1.29 is 27.5 Å². The number of hydrogen-bond donors (Lipinski definition) is 0. The summed E-state index contributed by atoms with van der Waals surface area (Å²) in [5, 5.41) is 13.9. The van der Waals surface area contributed by atoms with Crippen LogP contribution < -0.4 is 0 Å². The van der Waals surface area contributed by atoms with Crippen LogP contribution in [0.5, 0.6) is 0 Å². The molecule has 2 unspecified atom stereocenters. The maximum Gasteiger partial charge on any atom is 0.416 e. The van der Waals surface area contributed by atoms with E-state index >= 15 is 0 Å². The molecule has 1 aromatic carbocycles. The van der Waals surface area contributed by atoms with Crippen LogP contribution in [0.15, 0.2) is 24.3 Å². The molecule has 2 aromatic heterocycles. The second-order valence-electron chi connectivity index (χ2n) is 12.3. The lowest BCUT2D eigenvalue weighted by Crippen LogP contribution is -2.52. The Morgan fingerprint density at radius 1 is 1.10 bits per heavy atom. The minimum Gasteiger partial charge on any atom is -0.458 e. The van der Waals surface area contributed by atoms with E-state index in [2.05, 4.69) is 15.1 Å². The minimum atomic E-state index is -4.64. The highest BCUT2D eigenvalue weighted by molar-refractivity contribution is 6.01. The summed E-state index contributed by atoms with van der Waals surface area (Å²) in [5.41, 5.74) is -1.32. The van der Waals surface area contributed by atoms with Gasteiger partial charge in [0.2, 0.25) is 0 Å². The fraction of sp³-hybridized carbons (Fsp3) is 0.548. The molecule has 0 amide bonds. The second kappa shape index (κ2) is 10.8. The molecule has 0 spiro atoms. The lowest BCUT2D eigenvalue weighted by atomic mass is 9.73. The number of rotatable bonds is 7. The zero-order valence-corrected chi connectivity index (χ0v) is 24.2. The molecule has 1 saturated heterocycles. The summed E-state index contributed by atoms with van der Waals surface area (Å²) in [5.74, 6) is -1.29. The molecule has 1 aliphatic carbocycles. The van der Waals surface area contributed by atoms with E-state index in [0.29, 0.717) is 17.2 Å². The van der Waals surface area contributed by atoms with Crippen molar-refractivity contribution in [3.8, 4) is 6.07 Å². The topological polar surface area (TPSA) is 110 Å². The minimum absolute atomic E-state index is 0.00348. The third kappa shape index (κ3) is 5.63. The van der Waals surface area contributed by atoms with Gasteiger partial charge in [0, 0.05) is 24.2 Å². The van der Waals surface area contributed by atoms with Gasteiger partial charge in [0.25, 0.3) is 5.78 Å². The largest absolute Gasteiger partial charge is 0.458 e. The van der Waals surface area contributed by atoms with Crippen molar-refractivity contribution in [3.05, 3.63) is 58.2 Å². The number of benzene rings is 1. The van der Waals surface area contributed by atoms with Gasteiger partial charge in [-0.2, -0.15) is 23.4 Å². The van der Waals surface area contributed by atoms with E-state index in [1.54, 1.807) is 10.6 Å². The molecule has 222 valence electrons. The first-order valence-corrected chi connectivity index (χ1v) is 14.3. The number of carbonyl (C=O) groups is 2. The fourth-order valence-corrected chi connectivity index (χ4v) is 6.50. The van der Waals surface area contributed by atoms with Gasteiger partial charge in [-0.05, 0) is 82.6 Å². The number of carbonyl (C=O) groups excluding carboxylic acids is 2. The molecule has 42 heavy (non-hydrogen) atoms. The number of cyclic esters (lactones) is 1. The number of aryl methyl sites for hydroxylation is 3. The van der Waals surface area contributed by atoms with Gasteiger partial charge >= 0.3 is 12.1 Å². The van der Waals surface area contributed by atoms with Gasteiger partial charge in [0.1, 0.15) is 11.5 Å². The average Bonchev–Trinajstić information content (AvgIpc) is 3.60. The van der Waals surface area contributed by atoms with Crippen molar-refractivity contribution in [1.29, 1.82) is 5.26 Å². The zero-order chi connectivity index (χ0) is 30.4. The summed E-state index contributed by atoms with van der Waals surface area (Å²) >= 11 is 0. The van der Waals surface area contributed by atoms with Gasteiger partial charge in [-0.3, -0.25) is 9.59 Å². The van der Waals surface area contributed by atoms with Gasteiger partial charge in [0.05, 0.1) is 17.0 Å². The van der Waals surface area contributed by atoms with Crippen molar-refractivity contribution in [3.63, 3.8) is 0 Å². The maximum absolute atomic E-state index is 14.0. The van der Waals surface area contributed by atoms with E-state index in [0.717, 1.165) is 43.1 Å². The molecule has 0 radical (unpaired) electrons. The van der Waals surface area contributed by atoms with Gasteiger partial charge in [0.15, 0.2) is 11.6 Å². The van der Waals surface area contributed by atoms with Crippen LogP contribution in [-0.2, 0) is 38.8 Å². The predicted octanol–water partition coefficient (Wildman–Crippen LogP) is 5.80. The summed E-state index contributed by atoms with van der Waals surface area (Å²) in [6.45, 7) is 6.62. The average molecular weight is 582 g/mol. The number of nitrogens with zero attached hydrogens (tertiary/aromatic N) is 5. The van der Waals surface area contributed by atoms with Crippen molar-refractivity contribution >= 4 is 17.5 Å². The van der Waals surface area contributed by atoms with Crippen LogP contribution in [0.25, 0.3) is 5.78 Å². The Labute approximate surface area is 242 Å². The van der Waals surface area contributed by atoms with Crippen LogP contribution in [-0.4, -0.2) is 36.9 Å². The van der Waals surface area contributed by atoms with Crippen LogP contribution in [0.3, 0.4) is 0 Å². The van der Waals surface area contributed by atoms with Crippen LogP contribution in [0.2, 0.25) is 0 Å². The first-order valence-electron chi connectivity index (χ1n) is 14.3. The Bertz CT molecular complexity index is 1560. The van der Waals surface area contributed by atoms with E-state index in [-0.39, 0.29) is 42.9 Å². The Kier molecular flexibility index (Phi) is 7.62. The highest BCUT2D eigenvalue weighted by Gasteiger charge is 2.51. The molecule has 3 heterocycles. The first kappa shape index (κ1) is 29.7. The third-order valence-corrected chi connectivity index (χ3v) is 8.78. The fourth-order valence-electron chi connectivity index (χ4n) is 6.50. The number of halogens is 3. The summed E-state index contributed by atoms with van der Waals surface area (Å²) in [6.07, 6.45) is -0.773. The Hall–Kier alpha value is -3.81. The Morgan fingerprint density at radius 2 is 1.81 bits per heavy atom. The van der Waals surface area contributed by atoms with Crippen molar-refractivity contribution in [2.45, 2.75) is 96.3 Å². The van der Waals surface area contributed by atoms with E-state index in [1.165, 1.54) is 19.9 Å². The SMILES string of the molecule is Cc1cc(C)n2nc(CC3C(=O)CC(CCc4ccc(C(C)(C)C#N)c(C(F)(F)F)c4)(C4CCCC4)OC3=O)nc2n1. The summed E-state index contributed by atoms with van der Waals surface area (Å²) in [4.78, 5) is 35.7. The van der Waals surface area contributed by atoms with E-state index in [4.69, 9.17) is 4.74 Å². The van der Waals surface area contributed by atoms with E-state index in [9.17, 15) is 28.0 Å². The van der Waals surface area contributed by atoms with Crippen molar-refractivity contribution in [2.24, 2.45) is 11.8 Å². The summed E-state index contributed by atoms with van der Waals surface area (Å²) in [6, 6.07) is 7.84. The number of fused-ring (bicyclic) bond motifs is 1. The number of alkyl halides is 3. The molecule has 11 heteroatoms. The molecule has 3 aromatic rings. The number of hydrogen-bond acceptors (Lipinski definition) is 7. The van der Waals surface area contributed by atoms with Gasteiger partial charge in [-0.25, -0.2) is 9.50 Å². The van der Waals surface area contributed by atoms with E-state index < -0.39 is 34.6 Å². The third-order valence-electron chi connectivity index (χ3n) is 8.78. The van der Waals surface area contributed by atoms with Gasteiger partial charge in [-0.15, -0.1) is 5.10 Å². The standard InChI is InChI=1S/C31H34F3N5O3/c1-18-13-19(2)39-28(36-18)37-26(38-39)15-22-25(40)16-30(42-27(22)41,21-7-5-6-8-21)12-11-20-9-10-23(29(3,4)17-35)24(14-20)31(32,33)34/h9-10,13-14,21-22H,5-8,11-12,15-16H2,1-4H3. The normalized spacial score (nSPS) is 22.0. The molecule has 2 aliphatic rings. The lowest BCUT2D eigenvalue weighted by Gasteiger charge is -2.43. The van der Waals surface area contributed by atoms with Crippen LogP contribution in [0.4, 0.5) is 13.2 Å². The smallest absolute Gasteiger partial charge is 0.416 e. The van der Waals surface area contributed by atoms with Crippen molar-refractivity contribution in [2.75, 3.05) is 0 Å². The quantitative estimate of drug-likeness (QED) is 0.256. The molecular formula is C31H34F3N5O3. The molecule has 2 fully saturated rings. The summed E-state index contributed by atoms with van der Waals surface area (Å²) in [7, 11) is 0.